The Balaban J connectivity index is 0.00000120. The molecule has 0 spiro atoms. The van der Waals surface area contributed by atoms with Gasteiger partial charge in [0.2, 0.25) is 6.79 Å². The average Bonchev–Trinajstić information content (AvgIpc) is 3.05. The third kappa shape index (κ3) is 2.09. The zero-order chi connectivity index (χ0) is 12.0. The van der Waals surface area contributed by atoms with Crippen LogP contribution in [0.5, 0.6) is 11.5 Å². The van der Waals surface area contributed by atoms with Gasteiger partial charge in [0.1, 0.15) is 0 Å². The molecule has 2 aliphatic rings. The van der Waals surface area contributed by atoms with Crippen molar-refractivity contribution >= 4 is 18.1 Å². The lowest BCUT2D eigenvalue weighted by Crippen LogP contribution is -2.14. The molecule has 18 heavy (non-hydrogen) atoms. The molecule has 1 heterocycles. The molecular formula is C11H13ClN2O4. The highest BCUT2D eigenvalue weighted by Crippen LogP contribution is 2.46. The number of rotatable bonds is 3. The van der Waals surface area contributed by atoms with Gasteiger partial charge in [0.15, 0.2) is 11.5 Å². The predicted octanol–water partition coefficient (Wildman–Crippen LogP) is 2.16. The zero-order valence-corrected chi connectivity index (χ0v) is 10.3. The van der Waals surface area contributed by atoms with Crippen molar-refractivity contribution in [1.82, 2.24) is 0 Å². The summed E-state index contributed by atoms with van der Waals surface area (Å²) in [4.78, 5) is 10.6. The highest BCUT2D eigenvalue weighted by atomic mass is 35.5. The molecule has 1 aromatic rings. The molecule has 0 saturated heterocycles. The van der Waals surface area contributed by atoms with Crippen LogP contribution in [0.2, 0.25) is 0 Å². The first-order valence-electron chi connectivity index (χ1n) is 5.50. The number of nitro benzene ring substituents is 1. The second-order valence-electron chi connectivity index (χ2n) is 4.38. The first-order valence-corrected chi connectivity index (χ1v) is 5.50. The number of nitrogens with zero attached hydrogens (tertiary/aromatic N) is 1. The Morgan fingerprint density at radius 1 is 1.33 bits per heavy atom. The van der Waals surface area contributed by atoms with E-state index in [9.17, 15) is 10.1 Å². The van der Waals surface area contributed by atoms with Gasteiger partial charge in [-0.3, -0.25) is 10.1 Å². The number of ether oxygens (including phenoxy) is 2. The molecule has 3 rings (SSSR count). The third-order valence-corrected chi connectivity index (χ3v) is 3.21. The number of hydrogen-bond donors (Lipinski definition) is 1. The summed E-state index contributed by atoms with van der Waals surface area (Å²) in [5, 5.41) is 11.0. The fraction of sp³-hybridized carbons (Fsp3) is 0.455. The summed E-state index contributed by atoms with van der Waals surface area (Å²) in [6.45, 7) is 0.106. The van der Waals surface area contributed by atoms with Crippen molar-refractivity contribution in [2.45, 2.75) is 18.9 Å². The largest absolute Gasteiger partial charge is 0.454 e. The van der Waals surface area contributed by atoms with Crippen LogP contribution in [0.3, 0.4) is 0 Å². The van der Waals surface area contributed by atoms with Crippen LogP contribution < -0.4 is 15.2 Å². The molecule has 1 aliphatic heterocycles. The lowest BCUT2D eigenvalue weighted by Gasteiger charge is -2.11. The molecule has 2 N–H and O–H groups in total. The van der Waals surface area contributed by atoms with Gasteiger partial charge < -0.3 is 15.2 Å². The van der Waals surface area contributed by atoms with Crippen LogP contribution in [-0.4, -0.2) is 11.7 Å². The normalized spacial score (nSPS) is 18.1. The van der Waals surface area contributed by atoms with Gasteiger partial charge in [-0.2, -0.15) is 0 Å². The molecule has 0 aromatic heterocycles. The summed E-state index contributed by atoms with van der Waals surface area (Å²) in [5.74, 6) is 1.32. The minimum atomic E-state index is -0.417. The molecule has 0 unspecified atom stereocenters. The first-order chi connectivity index (χ1) is 8.16. The predicted molar refractivity (Wildman–Crippen MR) is 66.1 cm³/mol. The van der Waals surface area contributed by atoms with Crippen molar-refractivity contribution in [3.05, 3.63) is 27.8 Å². The molecule has 98 valence electrons. The molecule has 0 amide bonds. The number of halogens is 1. The Morgan fingerprint density at radius 3 is 2.50 bits per heavy atom. The lowest BCUT2D eigenvalue weighted by molar-refractivity contribution is -0.385. The van der Waals surface area contributed by atoms with E-state index in [4.69, 9.17) is 15.2 Å². The van der Waals surface area contributed by atoms with Gasteiger partial charge in [0.05, 0.1) is 16.6 Å². The summed E-state index contributed by atoms with van der Waals surface area (Å²) in [6.07, 6.45) is 2.07. The molecule has 7 heteroatoms. The van der Waals surface area contributed by atoms with Gasteiger partial charge in [-0.15, -0.1) is 12.4 Å². The van der Waals surface area contributed by atoms with Crippen LogP contribution in [0.25, 0.3) is 0 Å². The van der Waals surface area contributed by atoms with Crippen molar-refractivity contribution < 1.29 is 14.4 Å². The quantitative estimate of drug-likeness (QED) is 0.673. The van der Waals surface area contributed by atoms with Crippen molar-refractivity contribution in [3.63, 3.8) is 0 Å². The minimum Gasteiger partial charge on any atom is -0.454 e. The van der Waals surface area contributed by atoms with Crippen LogP contribution >= 0.6 is 12.4 Å². The maximum atomic E-state index is 11.0. The van der Waals surface area contributed by atoms with Gasteiger partial charge >= 0.3 is 0 Å². The van der Waals surface area contributed by atoms with E-state index in [1.54, 1.807) is 6.07 Å². The average molecular weight is 273 g/mol. The maximum absolute atomic E-state index is 11.0. The van der Waals surface area contributed by atoms with E-state index in [-0.39, 0.29) is 30.9 Å². The van der Waals surface area contributed by atoms with E-state index >= 15 is 0 Å². The van der Waals surface area contributed by atoms with E-state index in [0.29, 0.717) is 23.0 Å². The first kappa shape index (κ1) is 12.9. The summed E-state index contributed by atoms with van der Waals surface area (Å²) < 4.78 is 10.4. The summed E-state index contributed by atoms with van der Waals surface area (Å²) >= 11 is 0. The maximum Gasteiger partial charge on any atom is 0.278 e. The molecule has 1 atom stereocenters. The number of nitro groups is 1. The number of nitrogens with two attached hydrogens (primary N) is 1. The standard InChI is InChI=1S/C11H12N2O4.ClH/c12-11(6-1-2-6)7-3-9-10(17-5-16-9)4-8(7)13(14)15;/h3-4,6,11H,1-2,5,12H2;1H/t11-;/m1./s1. The van der Waals surface area contributed by atoms with Gasteiger partial charge in [0, 0.05) is 6.04 Å². The Kier molecular flexibility index (Phi) is 3.32. The molecule has 1 aromatic carbocycles. The topological polar surface area (TPSA) is 87.6 Å². The van der Waals surface area contributed by atoms with Gasteiger partial charge in [-0.1, -0.05) is 0 Å². The number of fused-ring (bicyclic) bond motifs is 1. The molecule has 1 aliphatic carbocycles. The second-order valence-corrected chi connectivity index (χ2v) is 4.38. The van der Waals surface area contributed by atoms with Crippen molar-refractivity contribution in [2.24, 2.45) is 11.7 Å². The highest BCUT2D eigenvalue weighted by Gasteiger charge is 2.35. The van der Waals surface area contributed by atoms with Gasteiger partial charge in [0.25, 0.3) is 5.69 Å². The molecule has 6 nitrogen and oxygen atoms in total. The third-order valence-electron chi connectivity index (χ3n) is 3.21. The van der Waals surface area contributed by atoms with Crippen molar-refractivity contribution in [3.8, 4) is 11.5 Å². The van der Waals surface area contributed by atoms with Crippen LogP contribution in [0.4, 0.5) is 5.69 Å². The number of benzene rings is 1. The number of hydrogen-bond acceptors (Lipinski definition) is 5. The Hall–Kier alpha value is -1.53. The summed E-state index contributed by atoms with van der Waals surface area (Å²) in [7, 11) is 0. The Labute approximate surface area is 110 Å². The molecule has 1 saturated carbocycles. The van der Waals surface area contributed by atoms with Crippen LogP contribution in [-0.2, 0) is 0 Å². The van der Waals surface area contributed by atoms with E-state index in [1.165, 1.54) is 6.07 Å². The fourth-order valence-corrected chi connectivity index (χ4v) is 2.08. The zero-order valence-electron chi connectivity index (χ0n) is 9.50. The molecule has 0 bridgehead atoms. The van der Waals surface area contributed by atoms with Crippen molar-refractivity contribution in [1.29, 1.82) is 0 Å². The minimum absolute atomic E-state index is 0. The molecule has 1 fully saturated rings. The summed E-state index contributed by atoms with van der Waals surface area (Å²) in [5.41, 5.74) is 6.60. The van der Waals surface area contributed by atoms with Gasteiger partial charge in [-0.25, -0.2) is 0 Å². The molecular weight excluding hydrogens is 260 g/mol. The monoisotopic (exact) mass is 272 g/mol. The van der Waals surface area contributed by atoms with Crippen LogP contribution in [0.1, 0.15) is 24.4 Å². The van der Waals surface area contributed by atoms with Crippen LogP contribution in [0, 0.1) is 16.0 Å². The second kappa shape index (κ2) is 4.62. The SMILES string of the molecule is Cl.N[C@@H](c1cc2c(cc1[N+](=O)[O-])OCO2)C1CC1. The fourth-order valence-electron chi connectivity index (χ4n) is 2.08. The van der Waals surface area contributed by atoms with Crippen molar-refractivity contribution in [2.75, 3.05) is 6.79 Å². The smallest absolute Gasteiger partial charge is 0.278 e. The Bertz CT molecular complexity index is 490. The summed E-state index contributed by atoms with van der Waals surface area (Å²) in [6, 6.07) is 2.76. The lowest BCUT2D eigenvalue weighted by atomic mass is 10.0. The van der Waals surface area contributed by atoms with Gasteiger partial charge in [-0.05, 0) is 24.8 Å². The van der Waals surface area contributed by atoms with E-state index in [2.05, 4.69) is 0 Å². The van der Waals surface area contributed by atoms with Crippen LogP contribution in [0.15, 0.2) is 12.1 Å². The highest BCUT2D eigenvalue weighted by molar-refractivity contribution is 5.85. The molecule has 0 radical (unpaired) electrons. The van der Waals surface area contributed by atoms with E-state index in [1.807, 2.05) is 0 Å². The Morgan fingerprint density at radius 2 is 1.94 bits per heavy atom. The van der Waals surface area contributed by atoms with E-state index < -0.39 is 4.92 Å². The van der Waals surface area contributed by atoms with E-state index in [0.717, 1.165) is 12.8 Å².